The maximum Gasteiger partial charge on any atom is 0.139 e. The van der Waals surface area contributed by atoms with Crippen LogP contribution in [0.2, 0.25) is 0 Å². The Bertz CT molecular complexity index is 423. The standard InChI is InChI=1S/C10H13N3/c1-10(2,3)9-12-5-4-8-11-6-7-13(8)9/h4-7H,1-3H3. The zero-order valence-electron chi connectivity index (χ0n) is 8.15. The first-order chi connectivity index (χ1) is 6.09. The number of hydrogen-bond donors (Lipinski definition) is 0. The van der Waals surface area contributed by atoms with Gasteiger partial charge < -0.3 is 0 Å². The normalized spacial score (nSPS) is 12.2. The van der Waals surface area contributed by atoms with Crippen molar-refractivity contribution in [1.29, 1.82) is 0 Å². The second-order valence-electron chi connectivity index (χ2n) is 4.17. The van der Waals surface area contributed by atoms with Crippen LogP contribution in [0.15, 0.2) is 24.7 Å². The van der Waals surface area contributed by atoms with Gasteiger partial charge in [-0.2, -0.15) is 0 Å². The Labute approximate surface area is 77.4 Å². The molecule has 0 N–H and O–H groups in total. The highest BCUT2D eigenvalue weighted by atomic mass is 15.1. The molecule has 3 nitrogen and oxygen atoms in total. The molecular formula is C10H13N3. The average molecular weight is 175 g/mol. The van der Waals surface area contributed by atoms with E-state index >= 15 is 0 Å². The highest BCUT2D eigenvalue weighted by molar-refractivity contribution is 5.38. The van der Waals surface area contributed by atoms with Crippen LogP contribution in [-0.2, 0) is 5.41 Å². The second-order valence-corrected chi connectivity index (χ2v) is 4.17. The molecule has 2 heterocycles. The first kappa shape index (κ1) is 8.23. The molecule has 0 aliphatic carbocycles. The molecule has 0 radical (unpaired) electrons. The van der Waals surface area contributed by atoms with Crippen LogP contribution >= 0.6 is 0 Å². The van der Waals surface area contributed by atoms with Gasteiger partial charge in [0, 0.05) is 24.0 Å². The topological polar surface area (TPSA) is 30.2 Å². The summed E-state index contributed by atoms with van der Waals surface area (Å²) in [5.41, 5.74) is 1.01. The third kappa shape index (κ3) is 1.30. The minimum absolute atomic E-state index is 0.0558. The van der Waals surface area contributed by atoms with Crippen molar-refractivity contribution in [1.82, 2.24) is 14.4 Å². The first-order valence-corrected chi connectivity index (χ1v) is 4.37. The van der Waals surface area contributed by atoms with E-state index in [9.17, 15) is 0 Å². The molecule has 2 aromatic rings. The Balaban J connectivity index is 2.75. The first-order valence-electron chi connectivity index (χ1n) is 4.37. The van der Waals surface area contributed by atoms with Crippen molar-refractivity contribution in [2.75, 3.05) is 0 Å². The Hall–Kier alpha value is -1.38. The highest BCUT2D eigenvalue weighted by Gasteiger charge is 2.18. The minimum atomic E-state index is 0.0558. The summed E-state index contributed by atoms with van der Waals surface area (Å²) >= 11 is 0. The quantitative estimate of drug-likeness (QED) is 0.613. The van der Waals surface area contributed by atoms with Gasteiger partial charge in [0.15, 0.2) is 0 Å². The molecule has 0 aromatic carbocycles. The molecule has 0 saturated heterocycles. The van der Waals surface area contributed by atoms with Crippen molar-refractivity contribution in [3.8, 4) is 0 Å². The molecule has 2 rings (SSSR count). The number of rotatable bonds is 0. The number of nitrogens with zero attached hydrogens (tertiary/aromatic N) is 3. The van der Waals surface area contributed by atoms with Gasteiger partial charge in [0.05, 0.1) is 0 Å². The molecule has 0 spiro atoms. The fourth-order valence-electron chi connectivity index (χ4n) is 1.41. The summed E-state index contributed by atoms with van der Waals surface area (Å²) < 4.78 is 2.03. The summed E-state index contributed by atoms with van der Waals surface area (Å²) in [5, 5.41) is 0. The molecule has 0 unspecified atom stereocenters. The monoisotopic (exact) mass is 175 g/mol. The SMILES string of the molecule is CC(C)(C)c1nccc2nccn12. The van der Waals surface area contributed by atoms with Gasteiger partial charge in [0.25, 0.3) is 0 Å². The van der Waals surface area contributed by atoms with Crippen LogP contribution in [0.4, 0.5) is 0 Å². The number of aromatic nitrogens is 3. The van der Waals surface area contributed by atoms with Gasteiger partial charge in [0.1, 0.15) is 11.5 Å². The van der Waals surface area contributed by atoms with Gasteiger partial charge in [-0.3, -0.25) is 4.40 Å². The zero-order chi connectivity index (χ0) is 9.47. The van der Waals surface area contributed by atoms with Crippen molar-refractivity contribution >= 4 is 5.65 Å². The molecule has 13 heavy (non-hydrogen) atoms. The summed E-state index contributed by atoms with van der Waals surface area (Å²) in [6.45, 7) is 6.44. The fourth-order valence-corrected chi connectivity index (χ4v) is 1.41. The van der Waals surface area contributed by atoms with Crippen LogP contribution < -0.4 is 0 Å². The van der Waals surface area contributed by atoms with Crippen LogP contribution in [0.1, 0.15) is 26.6 Å². The number of hydrogen-bond acceptors (Lipinski definition) is 2. The molecule has 0 amide bonds. The van der Waals surface area contributed by atoms with Crippen molar-refractivity contribution in [2.45, 2.75) is 26.2 Å². The Kier molecular flexibility index (Phi) is 1.62. The lowest BCUT2D eigenvalue weighted by atomic mass is 9.95. The summed E-state index contributed by atoms with van der Waals surface area (Å²) in [6, 6.07) is 1.91. The minimum Gasteiger partial charge on any atom is -0.287 e. The predicted octanol–water partition coefficient (Wildman–Crippen LogP) is 2.03. The Morgan fingerprint density at radius 3 is 2.62 bits per heavy atom. The van der Waals surface area contributed by atoms with E-state index in [-0.39, 0.29) is 5.41 Å². The lowest BCUT2D eigenvalue weighted by Crippen LogP contribution is -2.17. The van der Waals surface area contributed by atoms with Gasteiger partial charge in [-0.05, 0) is 6.07 Å². The van der Waals surface area contributed by atoms with E-state index in [4.69, 9.17) is 0 Å². The third-order valence-corrected chi connectivity index (χ3v) is 1.99. The van der Waals surface area contributed by atoms with Crippen LogP contribution in [-0.4, -0.2) is 14.4 Å². The lowest BCUT2D eigenvalue weighted by molar-refractivity contribution is 0.536. The number of fused-ring (bicyclic) bond motifs is 1. The average Bonchev–Trinajstić information content (AvgIpc) is 2.48. The van der Waals surface area contributed by atoms with Crippen molar-refractivity contribution in [3.63, 3.8) is 0 Å². The van der Waals surface area contributed by atoms with Crippen molar-refractivity contribution < 1.29 is 0 Å². The summed E-state index contributed by atoms with van der Waals surface area (Å²) in [7, 11) is 0. The van der Waals surface area contributed by atoms with E-state index < -0.39 is 0 Å². The molecule has 0 atom stereocenters. The summed E-state index contributed by atoms with van der Waals surface area (Å²) in [6.07, 6.45) is 5.55. The smallest absolute Gasteiger partial charge is 0.139 e. The van der Waals surface area contributed by atoms with E-state index in [0.717, 1.165) is 11.5 Å². The second kappa shape index (κ2) is 2.55. The van der Waals surface area contributed by atoms with Crippen LogP contribution in [0, 0.1) is 0 Å². The summed E-state index contributed by atoms with van der Waals surface area (Å²) in [5.74, 6) is 1.04. The molecule has 68 valence electrons. The van der Waals surface area contributed by atoms with E-state index in [2.05, 4.69) is 30.7 Å². The van der Waals surface area contributed by atoms with Crippen molar-refractivity contribution in [3.05, 3.63) is 30.5 Å². The molecule has 0 bridgehead atoms. The fraction of sp³-hybridized carbons (Fsp3) is 0.400. The Morgan fingerprint density at radius 1 is 1.15 bits per heavy atom. The van der Waals surface area contributed by atoms with E-state index in [1.807, 2.05) is 22.9 Å². The molecule has 0 fully saturated rings. The van der Waals surface area contributed by atoms with Crippen LogP contribution in [0.25, 0.3) is 5.65 Å². The third-order valence-electron chi connectivity index (χ3n) is 1.99. The van der Waals surface area contributed by atoms with Crippen LogP contribution in [0.5, 0.6) is 0 Å². The van der Waals surface area contributed by atoms with Gasteiger partial charge in [-0.15, -0.1) is 0 Å². The van der Waals surface area contributed by atoms with Gasteiger partial charge in [0.2, 0.25) is 0 Å². The molecule has 0 saturated carbocycles. The van der Waals surface area contributed by atoms with Crippen molar-refractivity contribution in [2.24, 2.45) is 0 Å². The number of imidazole rings is 1. The maximum atomic E-state index is 4.37. The van der Waals surface area contributed by atoms with Gasteiger partial charge in [-0.1, -0.05) is 20.8 Å². The maximum absolute atomic E-state index is 4.37. The van der Waals surface area contributed by atoms with E-state index in [1.165, 1.54) is 0 Å². The molecule has 2 aromatic heterocycles. The summed E-state index contributed by atoms with van der Waals surface area (Å²) in [4.78, 5) is 8.59. The largest absolute Gasteiger partial charge is 0.287 e. The molecular weight excluding hydrogens is 162 g/mol. The predicted molar refractivity (Wildman–Crippen MR) is 51.7 cm³/mol. The molecule has 0 aliphatic heterocycles. The van der Waals surface area contributed by atoms with E-state index in [0.29, 0.717) is 0 Å². The molecule has 3 heteroatoms. The zero-order valence-corrected chi connectivity index (χ0v) is 8.15. The highest BCUT2D eigenvalue weighted by Crippen LogP contribution is 2.20. The molecule has 0 aliphatic rings. The van der Waals surface area contributed by atoms with Gasteiger partial charge in [-0.25, -0.2) is 9.97 Å². The van der Waals surface area contributed by atoms with E-state index in [1.54, 1.807) is 6.20 Å². The Morgan fingerprint density at radius 2 is 1.92 bits per heavy atom. The van der Waals surface area contributed by atoms with Gasteiger partial charge >= 0.3 is 0 Å². The lowest BCUT2D eigenvalue weighted by Gasteiger charge is -2.18. The van der Waals surface area contributed by atoms with Crippen LogP contribution in [0.3, 0.4) is 0 Å².